The van der Waals surface area contributed by atoms with Gasteiger partial charge in [0.05, 0.1) is 6.04 Å². The van der Waals surface area contributed by atoms with Crippen LogP contribution < -0.4 is 0 Å². The fourth-order valence-corrected chi connectivity index (χ4v) is 1.07. The highest BCUT2D eigenvalue weighted by molar-refractivity contribution is 5.75. The number of likely N-dealkylation sites (N-methyl/N-ethyl adjacent to an activating group) is 1. The van der Waals surface area contributed by atoms with E-state index in [9.17, 15) is 4.79 Å². The van der Waals surface area contributed by atoms with E-state index >= 15 is 0 Å². The van der Waals surface area contributed by atoms with Gasteiger partial charge in [-0.2, -0.15) is 0 Å². The number of carbonyl (C=O) groups excluding carboxylic acids is 1. The Kier molecular flexibility index (Phi) is 1.80. The maximum absolute atomic E-state index is 10.9. The number of amides is 2. The minimum absolute atomic E-state index is 0.0625. The summed E-state index contributed by atoms with van der Waals surface area (Å²) < 4.78 is 0. The molecular weight excluding hydrogens is 132 g/mol. The summed E-state index contributed by atoms with van der Waals surface area (Å²) in [7, 11) is 0. The van der Waals surface area contributed by atoms with E-state index in [0.29, 0.717) is 13.1 Å². The zero-order valence-corrected chi connectivity index (χ0v) is 6.24. The predicted octanol–water partition coefficient (Wildman–Crippen LogP) is 0.522. The molecule has 0 radical (unpaired) electrons. The van der Waals surface area contributed by atoms with Crippen LogP contribution in [0.3, 0.4) is 0 Å². The van der Waals surface area contributed by atoms with Crippen molar-refractivity contribution in [1.82, 2.24) is 9.96 Å². The predicted molar refractivity (Wildman–Crippen MR) is 35.7 cm³/mol. The van der Waals surface area contributed by atoms with Crippen LogP contribution in [-0.2, 0) is 0 Å². The Bertz CT molecular complexity index is 149. The summed E-state index contributed by atoms with van der Waals surface area (Å²) in [6.45, 7) is 5.00. The topological polar surface area (TPSA) is 43.8 Å². The molecular formula is C6H12N2O2. The molecule has 0 saturated carbocycles. The molecule has 2 amide bonds. The van der Waals surface area contributed by atoms with Gasteiger partial charge in [-0.3, -0.25) is 5.21 Å². The van der Waals surface area contributed by atoms with Gasteiger partial charge in [0, 0.05) is 13.1 Å². The van der Waals surface area contributed by atoms with E-state index in [4.69, 9.17) is 5.21 Å². The largest absolute Gasteiger partial charge is 0.344 e. The summed E-state index contributed by atoms with van der Waals surface area (Å²) in [6.07, 6.45) is 0. The molecule has 1 saturated heterocycles. The lowest BCUT2D eigenvalue weighted by Gasteiger charge is -2.11. The van der Waals surface area contributed by atoms with Crippen LogP contribution in [0.1, 0.15) is 13.8 Å². The molecule has 1 rings (SSSR count). The lowest BCUT2D eigenvalue weighted by atomic mass is 10.3. The molecule has 0 bridgehead atoms. The van der Waals surface area contributed by atoms with Gasteiger partial charge >= 0.3 is 6.03 Å². The third-order valence-corrected chi connectivity index (χ3v) is 1.75. The molecule has 0 spiro atoms. The number of hydrogen-bond acceptors (Lipinski definition) is 2. The normalized spacial score (nSPS) is 26.3. The van der Waals surface area contributed by atoms with Gasteiger partial charge in [0.2, 0.25) is 0 Å². The van der Waals surface area contributed by atoms with E-state index in [1.54, 1.807) is 4.90 Å². The molecule has 4 heteroatoms. The minimum Gasteiger partial charge on any atom is -0.321 e. The summed E-state index contributed by atoms with van der Waals surface area (Å²) in [5.74, 6) is 0. The lowest BCUT2D eigenvalue weighted by Crippen LogP contribution is -2.30. The lowest BCUT2D eigenvalue weighted by molar-refractivity contribution is -0.0532. The van der Waals surface area contributed by atoms with E-state index < -0.39 is 0 Å². The standard InChI is InChI=1S/C6H12N2O2/c1-3-7-4-5(2)8(10)6(7)9/h5,10H,3-4H2,1-2H3. The Morgan fingerprint density at radius 3 is 2.60 bits per heavy atom. The average Bonchev–Trinajstić information content (AvgIpc) is 2.17. The zero-order valence-electron chi connectivity index (χ0n) is 6.24. The second-order valence-corrected chi connectivity index (χ2v) is 2.51. The van der Waals surface area contributed by atoms with Crippen molar-refractivity contribution >= 4 is 6.03 Å². The fraction of sp³-hybridized carbons (Fsp3) is 0.833. The fourth-order valence-electron chi connectivity index (χ4n) is 1.07. The van der Waals surface area contributed by atoms with Crippen LogP contribution in [0.4, 0.5) is 4.79 Å². The highest BCUT2D eigenvalue weighted by atomic mass is 16.5. The molecule has 1 heterocycles. The second kappa shape index (κ2) is 2.46. The molecule has 1 N–H and O–H groups in total. The number of urea groups is 1. The van der Waals surface area contributed by atoms with Crippen molar-refractivity contribution in [2.24, 2.45) is 0 Å². The maximum Gasteiger partial charge on any atom is 0.344 e. The maximum atomic E-state index is 10.9. The van der Waals surface area contributed by atoms with Crippen LogP contribution >= 0.6 is 0 Å². The Morgan fingerprint density at radius 1 is 1.80 bits per heavy atom. The van der Waals surface area contributed by atoms with Crippen molar-refractivity contribution in [2.45, 2.75) is 19.9 Å². The zero-order chi connectivity index (χ0) is 7.72. The van der Waals surface area contributed by atoms with Crippen LogP contribution in [0.25, 0.3) is 0 Å². The first-order valence-corrected chi connectivity index (χ1v) is 3.43. The van der Waals surface area contributed by atoms with E-state index in [1.165, 1.54) is 0 Å². The van der Waals surface area contributed by atoms with Gasteiger partial charge < -0.3 is 4.90 Å². The SMILES string of the molecule is CCN1CC(C)N(O)C1=O. The summed E-state index contributed by atoms with van der Waals surface area (Å²) in [5, 5.41) is 9.79. The molecule has 10 heavy (non-hydrogen) atoms. The first-order valence-electron chi connectivity index (χ1n) is 3.43. The molecule has 58 valence electrons. The summed E-state index contributed by atoms with van der Waals surface area (Å²) >= 11 is 0. The van der Waals surface area contributed by atoms with Gasteiger partial charge in [0.1, 0.15) is 0 Å². The van der Waals surface area contributed by atoms with Crippen LogP contribution in [0.2, 0.25) is 0 Å². The van der Waals surface area contributed by atoms with Crippen molar-refractivity contribution in [1.29, 1.82) is 0 Å². The van der Waals surface area contributed by atoms with Gasteiger partial charge in [-0.1, -0.05) is 0 Å². The van der Waals surface area contributed by atoms with E-state index in [1.807, 2.05) is 13.8 Å². The van der Waals surface area contributed by atoms with Crippen molar-refractivity contribution in [3.8, 4) is 0 Å². The van der Waals surface area contributed by atoms with Gasteiger partial charge in [0.25, 0.3) is 0 Å². The summed E-state index contributed by atoms with van der Waals surface area (Å²) in [6, 6.07) is -0.345. The van der Waals surface area contributed by atoms with Crippen LogP contribution in [0.15, 0.2) is 0 Å². The molecule has 0 aliphatic carbocycles. The smallest absolute Gasteiger partial charge is 0.321 e. The van der Waals surface area contributed by atoms with Gasteiger partial charge in [-0.25, -0.2) is 9.86 Å². The average molecular weight is 144 g/mol. The van der Waals surface area contributed by atoms with E-state index in [-0.39, 0.29) is 12.1 Å². The molecule has 1 fully saturated rings. The van der Waals surface area contributed by atoms with E-state index in [2.05, 4.69) is 0 Å². The Balaban J connectivity index is 2.62. The minimum atomic E-state index is -0.282. The van der Waals surface area contributed by atoms with Gasteiger partial charge in [-0.15, -0.1) is 0 Å². The van der Waals surface area contributed by atoms with Crippen molar-refractivity contribution in [3.63, 3.8) is 0 Å². The Morgan fingerprint density at radius 2 is 2.40 bits per heavy atom. The molecule has 0 aromatic heterocycles. The third-order valence-electron chi connectivity index (χ3n) is 1.75. The molecule has 1 unspecified atom stereocenters. The number of rotatable bonds is 1. The second-order valence-electron chi connectivity index (χ2n) is 2.51. The van der Waals surface area contributed by atoms with Crippen LogP contribution in [0, 0.1) is 0 Å². The highest BCUT2D eigenvalue weighted by Gasteiger charge is 2.32. The highest BCUT2D eigenvalue weighted by Crippen LogP contribution is 2.11. The Labute approximate surface area is 60.0 Å². The molecule has 1 aliphatic rings. The van der Waals surface area contributed by atoms with Crippen molar-refractivity contribution < 1.29 is 10.0 Å². The van der Waals surface area contributed by atoms with Crippen LogP contribution in [0.5, 0.6) is 0 Å². The monoisotopic (exact) mass is 144 g/mol. The molecule has 1 aliphatic heterocycles. The molecule has 0 aromatic carbocycles. The summed E-state index contributed by atoms with van der Waals surface area (Å²) in [5.41, 5.74) is 0. The summed E-state index contributed by atoms with van der Waals surface area (Å²) in [4.78, 5) is 12.6. The number of nitrogens with zero attached hydrogens (tertiary/aromatic N) is 2. The first kappa shape index (κ1) is 7.34. The number of carbonyl (C=O) groups is 1. The molecule has 4 nitrogen and oxygen atoms in total. The molecule has 1 atom stereocenters. The van der Waals surface area contributed by atoms with Crippen LogP contribution in [-0.4, -0.2) is 40.3 Å². The molecule has 0 aromatic rings. The Hall–Kier alpha value is -0.770. The van der Waals surface area contributed by atoms with Gasteiger partial charge in [0.15, 0.2) is 0 Å². The third kappa shape index (κ3) is 0.945. The van der Waals surface area contributed by atoms with Crippen molar-refractivity contribution in [3.05, 3.63) is 0 Å². The first-order chi connectivity index (χ1) is 4.66. The van der Waals surface area contributed by atoms with Gasteiger partial charge in [-0.05, 0) is 13.8 Å². The van der Waals surface area contributed by atoms with Crippen molar-refractivity contribution in [2.75, 3.05) is 13.1 Å². The van der Waals surface area contributed by atoms with E-state index in [0.717, 1.165) is 5.06 Å². The number of hydroxylamine groups is 2. The number of hydrogen-bond donors (Lipinski definition) is 1. The quantitative estimate of drug-likeness (QED) is 0.545.